The Kier molecular flexibility index (Phi) is 5.55. The average Bonchev–Trinajstić information content (AvgIpc) is 2.26. The lowest BCUT2D eigenvalue weighted by molar-refractivity contribution is -0.120. The number of carbonyl (C=O) groups is 1. The molecule has 1 aromatic rings. The van der Waals surface area contributed by atoms with Crippen LogP contribution >= 0.6 is 15.9 Å². The smallest absolute Gasteiger partial charge is 0.224 e. The van der Waals surface area contributed by atoms with E-state index < -0.39 is 11.6 Å². The quantitative estimate of drug-likeness (QED) is 0.657. The fourth-order valence-corrected chi connectivity index (χ4v) is 1.65. The molecule has 1 rings (SSSR count). The number of hydrogen-bond donors (Lipinski definition) is 1. The van der Waals surface area contributed by atoms with E-state index in [1.54, 1.807) is 0 Å². The molecule has 17 heavy (non-hydrogen) atoms. The van der Waals surface area contributed by atoms with Crippen LogP contribution in [0.2, 0.25) is 0 Å². The van der Waals surface area contributed by atoms with Gasteiger partial charge in [0.15, 0.2) is 0 Å². The fraction of sp³-hybridized carbons (Fsp3) is 0.417. The molecule has 0 saturated carbocycles. The minimum absolute atomic E-state index is 0.0603. The van der Waals surface area contributed by atoms with Crippen molar-refractivity contribution in [2.24, 2.45) is 0 Å². The highest BCUT2D eigenvalue weighted by atomic mass is 79.9. The average molecular weight is 306 g/mol. The third-order valence-corrected chi connectivity index (χ3v) is 2.90. The van der Waals surface area contributed by atoms with E-state index in [0.717, 1.165) is 25.0 Å². The van der Waals surface area contributed by atoms with Crippen molar-refractivity contribution in [2.45, 2.75) is 26.2 Å². The van der Waals surface area contributed by atoms with Gasteiger partial charge in [-0.2, -0.15) is 0 Å². The van der Waals surface area contributed by atoms with Gasteiger partial charge < -0.3 is 5.32 Å². The second-order valence-corrected chi connectivity index (χ2v) is 4.59. The Hall–Kier alpha value is -0.970. The van der Waals surface area contributed by atoms with Crippen LogP contribution in [0.25, 0.3) is 0 Å². The molecule has 0 unspecified atom stereocenters. The Labute approximate surface area is 108 Å². The number of rotatable bonds is 5. The normalized spacial score (nSPS) is 10.4. The minimum Gasteiger partial charge on any atom is -0.356 e. The standard InChI is InChI=1S/C12H14BrF2NO/c1-2-3-4-16-12(17)6-8-5-11(15)9(13)7-10(8)14/h5,7H,2-4,6H2,1H3,(H,16,17). The Morgan fingerprint density at radius 3 is 2.71 bits per heavy atom. The summed E-state index contributed by atoms with van der Waals surface area (Å²) in [5.41, 5.74) is 0.0692. The summed E-state index contributed by atoms with van der Waals surface area (Å²) in [6.45, 7) is 2.58. The summed E-state index contributed by atoms with van der Waals surface area (Å²) in [4.78, 5) is 11.4. The summed E-state index contributed by atoms with van der Waals surface area (Å²) >= 11 is 2.88. The first-order valence-electron chi connectivity index (χ1n) is 5.44. The molecule has 0 spiro atoms. The largest absolute Gasteiger partial charge is 0.356 e. The summed E-state index contributed by atoms with van der Waals surface area (Å²) < 4.78 is 26.6. The first-order valence-corrected chi connectivity index (χ1v) is 6.24. The monoisotopic (exact) mass is 305 g/mol. The number of amides is 1. The molecular weight excluding hydrogens is 292 g/mol. The molecule has 0 saturated heterocycles. The van der Waals surface area contributed by atoms with Crippen molar-refractivity contribution in [1.29, 1.82) is 0 Å². The third-order valence-electron chi connectivity index (χ3n) is 2.29. The van der Waals surface area contributed by atoms with E-state index in [1.165, 1.54) is 0 Å². The van der Waals surface area contributed by atoms with Crippen LogP contribution < -0.4 is 5.32 Å². The molecule has 0 atom stereocenters. The van der Waals surface area contributed by atoms with Gasteiger partial charge in [0, 0.05) is 12.1 Å². The molecule has 1 amide bonds. The highest BCUT2D eigenvalue weighted by molar-refractivity contribution is 9.10. The topological polar surface area (TPSA) is 29.1 Å². The highest BCUT2D eigenvalue weighted by Crippen LogP contribution is 2.20. The minimum atomic E-state index is -0.580. The van der Waals surface area contributed by atoms with E-state index in [2.05, 4.69) is 21.2 Å². The van der Waals surface area contributed by atoms with Crippen molar-refractivity contribution >= 4 is 21.8 Å². The third kappa shape index (κ3) is 4.42. The van der Waals surface area contributed by atoms with Gasteiger partial charge in [-0.25, -0.2) is 8.78 Å². The first kappa shape index (κ1) is 14.1. The van der Waals surface area contributed by atoms with Crippen LogP contribution in [0.1, 0.15) is 25.3 Å². The molecule has 1 N–H and O–H groups in total. The van der Waals surface area contributed by atoms with E-state index in [-0.39, 0.29) is 22.4 Å². The van der Waals surface area contributed by atoms with E-state index >= 15 is 0 Å². The van der Waals surface area contributed by atoms with Gasteiger partial charge in [-0.1, -0.05) is 13.3 Å². The summed E-state index contributed by atoms with van der Waals surface area (Å²) in [7, 11) is 0. The van der Waals surface area contributed by atoms with E-state index in [1.807, 2.05) is 6.92 Å². The molecule has 0 fully saturated rings. The van der Waals surface area contributed by atoms with Crippen molar-refractivity contribution in [3.63, 3.8) is 0 Å². The van der Waals surface area contributed by atoms with Gasteiger partial charge in [-0.3, -0.25) is 4.79 Å². The van der Waals surface area contributed by atoms with Crippen molar-refractivity contribution in [2.75, 3.05) is 6.54 Å². The van der Waals surface area contributed by atoms with Crippen molar-refractivity contribution < 1.29 is 13.6 Å². The molecule has 2 nitrogen and oxygen atoms in total. The van der Waals surface area contributed by atoms with Crippen molar-refractivity contribution in [1.82, 2.24) is 5.32 Å². The molecule has 1 aromatic carbocycles. The van der Waals surface area contributed by atoms with Gasteiger partial charge in [-0.05, 0) is 34.5 Å². The van der Waals surface area contributed by atoms with E-state index in [9.17, 15) is 13.6 Å². The van der Waals surface area contributed by atoms with Crippen LogP contribution in [0.3, 0.4) is 0 Å². The first-order chi connectivity index (χ1) is 8.04. The Balaban J connectivity index is 2.62. The number of halogens is 3. The Morgan fingerprint density at radius 2 is 2.06 bits per heavy atom. The van der Waals surface area contributed by atoms with Crippen molar-refractivity contribution in [3.05, 3.63) is 33.8 Å². The van der Waals surface area contributed by atoms with Crippen LogP contribution in [-0.2, 0) is 11.2 Å². The van der Waals surface area contributed by atoms with E-state index in [0.29, 0.717) is 6.54 Å². The highest BCUT2D eigenvalue weighted by Gasteiger charge is 2.11. The van der Waals surface area contributed by atoms with Crippen molar-refractivity contribution in [3.8, 4) is 0 Å². The number of nitrogens with one attached hydrogen (secondary N) is 1. The van der Waals surface area contributed by atoms with E-state index in [4.69, 9.17) is 0 Å². The zero-order chi connectivity index (χ0) is 12.8. The zero-order valence-electron chi connectivity index (χ0n) is 9.53. The number of hydrogen-bond acceptors (Lipinski definition) is 1. The van der Waals surface area contributed by atoms with Crippen LogP contribution in [0.15, 0.2) is 16.6 Å². The van der Waals surface area contributed by atoms with Crippen LogP contribution in [0.4, 0.5) is 8.78 Å². The zero-order valence-corrected chi connectivity index (χ0v) is 11.1. The SMILES string of the molecule is CCCCNC(=O)Cc1cc(F)c(Br)cc1F. The van der Waals surface area contributed by atoms with Gasteiger partial charge in [0.2, 0.25) is 5.91 Å². The van der Waals surface area contributed by atoms with Gasteiger partial charge in [0.1, 0.15) is 11.6 Å². The Morgan fingerprint density at radius 1 is 1.35 bits per heavy atom. The summed E-state index contributed by atoms with van der Waals surface area (Å²) in [6, 6.07) is 2.07. The number of unbranched alkanes of at least 4 members (excludes halogenated alkanes) is 1. The predicted molar refractivity (Wildman–Crippen MR) is 65.7 cm³/mol. The summed E-state index contributed by atoms with van der Waals surface area (Å²) in [5, 5.41) is 2.65. The molecule has 94 valence electrons. The lowest BCUT2D eigenvalue weighted by atomic mass is 10.1. The van der Waals surface area contributed by atoms with Crippen LogP contribution in [0.5, 0.6) is 0 Å². The summed E-state index contributed by atoms with van der Waals surface area (Å²) in [6.07, 6.45) is 1.71. The number of carbonyl (C=O) groups excluding carboxylic acids is 1. The lowest BCUT2D eigenvalue weighted by Crippen LogP contribution is -2.26. The lowest BCUT2D eigenvalue weighted by Gasteiger charge is -2.06. The van der Waals surface area contributed by atoms with Gasteiger partial charge in [0.25, 0.3) is 0 Å². The second kappa shape index (κ2) is 6.69. The van der Waals surface area contributed by atoms with Gasteiger partial charge in [0.05, 0.1) is 10.9 Å². The summed E-state index contributed by atoms with van der Waals surface area (Å²) in [5.74, 6) is -1.44. The fourth-order valence-electron chi connectivity index (χ4n) is 1.34. The van der Waals surface area contributed by atoms with Crippen LogP contribution in [-0.4, -0.2) is 12.5 Å². The van der Waals surface area contributed by atoms with Crippen LogP contribution in [0, 0.1) is 11.6 Å². The predicted octanol–water partition coefficient (Wildman–Crippen LogP) is 3.19. The molecule has 0 heterocycles. The maximum Gasteiger partial charge on any atom is 0.224 e. The maximum absolute atomic E-state index is 13.4. The van der Waals surface area contributed by atoms with Gasteiger partial charge in [-0.15, -0.1) is 0 Å². The Bertz CT molecular complexity index is 410. The molecule has 0 aromatic heterocycles. The molecule has 0 radical (unpaired) electrons. The molecule has 5 heteroatoms. The second-order valence-electron chi connectivity index (χ2n) is 3.74. The molecular formula is C12H14BrF2NO. The van der Waals surface area contributed by atoms with Gasteiger partial charge >= 0.3 is 0 Å². The molecule has 0 aliphatic carbocycles. The molecule has 0 aliphatic heterocycles. The number of benzene rings is 1. The maximum atomic E-state index is 13.4. The molecule has 0 aliphatic rings. The molecule has 0 bridgehead atoms.